The van der Waals surface area contributed by atoms with E-state index in [1.165, 1.54) is 29.1 Å². The van der Waals surface area contributed by atoms with Crippen LogP contribution in [-0.2, 0) is 22.2 Å². The highest BCUT2D eigenvalue weighted by Gasteiger charge is 2.31. The molecule has 0 saturated heterocycles. The summed E-state index contributed by atoms with van der Waals surface area (Å²) in [6.07, 6.45) is -0.495. The Morgan fingerprint density at radius 3 is 2.10 bits per heavy atom. The Hall–Kier alpha value is -2.07. The third-order valence-electron chi connectivity index (χ3n) is 2.44. The van der Waals surface area contributed by atoms with E-state index in [9.17, 15) is 21.6 Å². The summed E-state index contributed by atoms with van der Waals surface area (Å²) in [4.78, 5) is 7.22. The van der Waals surface area contributed by atoms with Crippen LogP contribution in [0.3, 0.4) is 0 Å². The molecule has 0 saturated carbocycles. The highest BCUT2D eigenvalue weighted by Crippen LogP contribution is 2.28. The van der Waals surface area contributed by atoms with Gasteiger partial charge in [0.25, 0.3) is 5.88 Å². The lowest BCUT2D eigenvalue weighted by molar-refractivity contribution is -0.678. The number of alkyl halides is 3. The normalized spacial score (nSPS) is 12.4. The minimum absolute atomic E-state index is 0.0713. The predicted molar refractivity (Wildman–Crippen MR) is 64.2 cm³/mol. The average molecular weight is 320 g/mol. The van der Waals surface area contributed by atoms with Gasteiger partial charge in [0.15, 0.2) is 18.2 Å². The fourth-order valence-corrected chi connectivity index (χ4v) is 2.05. The van der Waals surface area contributed by atoms with Gasteiger partial charge >= 0.3 is 16.3 Å². The van der Waals surface area contributed by atoms with Crippen molar-refractivity contribution in [2.45, 2.75) is 12.1 Å². The van der Waals surface area contributed by atoms with Gasteiger partial charge in [0.1, 0.15) is 0 Å². The van der Waals surface area contributed by atoms with Crippen LogP contribution in [0.5, 0.6) is 0 Å². The maximum Gasteiger partial charge on any atom is 0.419 e. The topological polar surface area (TPSA) is 84.0 Å². The Bertz CT molecular complexity index is 728. The molecular formula is C11H9F3N3O3S+. The van der Waals surface area contributed by atoms with Crippen LogP contribution in [0.1, 0.15) is 5.56 Å². The van der Waals surface area contributed by atoms with Crippen molar-refractivity contribution in [2.24, 2.45) is 0 Å². The van der Waals surface area contributed by atoms with E-state index < -0.39 is 27.7 Å². The van der Waals surface area contributed by atoms with Gasteiger partial charge in [-0.2, -0.15) is 26.2 Å². The maximum atomic E-state index is 12.4. The first kappa shape index (κ1) is 15.3. The highest BCUT2D eigenvalue weighted by atomic mass is 32.2. The molecule has 0 radical (unpaired) electrons. The molecule has 1 N–H and O–H groups in total. The monoisotopic (exact) mass is 320 g/mol. The number of halogens is 3. The first-order valence-electron chi connectivity index (χ1n) is 5.49. The quantitative estimate of drug-likeness (QED) is 0.680. The van der Waals surface area contributed by atoms with E-state index in [1.54, 1.807) is 0 Å². The second kappa shape index (κ2) is 5.37. The van der Waals surface area contributed by atoms with E-state index in [0.717, 1.165) is 0 Å². The molecule has 0 aromatic carbocycles. The molecule has 2 aromatic heterocycles. The van der Waals surface area contributed by atoms with Gasteiger partial charge in [0, 0.05) is 30.1 Å². The molecule has 2 heterocycles. The molecule has 0 fully saturated rings. The fourth-order valence-electron chi connectivity index (χ4n) is 1.50. The first-order chi connectivity index (χ1) is 9.65. The summed E-state index contributed by atoms with van der Waals surface area (Å²) in [5.41, 5.74) is -0.543. The SMILES string of the molecule is O=S(=O)(O)C[n+]1ccc(-c2ncc(C(F)(F)F)cn2)cc1. The number of rotatable bonds is 3. The summed E-state index contributed by atoms with van der Waals surface area (Å²) < 4.78 is 68.4. The van der Waals surface area contributed by atoms with Crippen molar-refractivity contribution in [3.05, 3.63) is 42.5 Å². The van der Waals surface area contributed by atoms with E-state index in [0.29, 0.717) is 18.0 Å². The molecule has 21 heavy (non-hydrogen) atoms. The highest BCUT2D eigenvalue weighted by molar-refractivity contribution is 7.84. The first-order valence-corrected chi connectivity index (χ1v) is 7.10. The third kappa shape index (κ3) is 4.20. The summed E-state index contributed by atoms with van der Waals surface area (Å²) in [5, 5.41) is 0. The van der Waals surface area contributed by atoms with Crippen LogP contribution < -0.4 is 4.57 Å². The summed E-state index contributed by atoms with van der Waals surface area (Å²) in [6.45, 7) is 0. The molecule has 0 spiro atoms. The lowest BCUT2D eigenvalue weighted by atomic mass is 10.2. The molecule has 0 bridgehead atoms. The van der Waals surface area contributed by atoms with Crippen molar-refractivity contribution in [1.82, 2.24) is 9.97 Å². The standard InChI is InChI=1S/C11H8F3N3O3S/c12-11(13,14)9-5-15-10(16-6-9)8-1-3-17(4-2-8)7-21(18,19)20/h1-6H,7H2/p+1. The maximum absolute atomic E-state index is 12.4. The number of hydrogen-bond donors (Lipinski definition) is 1. The van der Waals surface area contributed by atoms with Crippen LogP contribution in [0.15, 0.2) is 36.9 Å². The second-order valence-corrected chi connectivity index (χ2v) is 5.53. The fraction of sp³-hybridized carbons (Fsp3) is 0.182. The molecule has 112 valence electrons. The Labute approximate surface area is 117 Å². The van der Waals surface area contributed by atoms with Crippen molar-refractivity contribution in [1.29, 1.82) is 0 Å². The smallest absolute Gasteiger partial charge is 0.281 e. The van der Waals surface area contributed by atoms with E-state index >= 15 is 0 Å². The van der Waals surface area contributed by atoms with E-state index in [1.807, 2.05) is 0 Å². The summed E-state index contributed by atoms with van der Waals surface area (Å²) in [5.74, 6) is -0.553. The zero-order valence-electron chi connectivity index (χ0n) is 10.3. The minimum Gasteiger partial charge on any atom is -0.281 e. The van der Waals surface area contributed by atoms with Crippen molar-refractivity contribution in [2.75, 3.05) is 0 Å². The van der Waals surface area contributed by atoms with Crippen molar-refractivity contribution < 1.29 is 30.7 Å². The minimum atomic E-state index is -4.51. The van der Waals surface area contributed by atoms with Gasteiger partial charge in [0.2, 0.25) is 0 Å². The molecule has 2 rings (SSSR count). The van der Waals surface area contributed by atoms with Gasteiger partial charge in [-0.15, -0.1) is 0 Å². The van der Waals surface area contributed by atoms with Gasteiger partial charge in [-0.3, -0.25) is 4.55 Å². The Morgan fingerprint density at radius 1 is 1.14 bits per heavy atom. The zero-order chi connectivity index (χ0) is 15.7. The van der Waals surface area contributed by atoms with Crippen LogP contribution in [0.25, 0.3) is 11.4 Å². The van der Waals surface area contributed by atoms with Crippen molar-refractivity contribution >= 4 is 10.1 Å². The average Bonchev–Trinajstić information content (AvgIpc) is 2.37. The summed E-state index contributed by atoms with van der Waals surface area (Å²) in [6, 6.07) is 2.85. The van der Waals surface area contributed by atoms with Crippen LogP contribution in [0.2, 0.25) is 0 Å². The van der Waals surface area contributed by atoms with Gasteiger partial charge in [0.05, 0.1) is 5.56 Å². The molecule has 0 atom stereocenters. The molecule has 0 aliphatic heterocycles. The predicted octanol–water partition coefficient (Wildman–Crippen LogP) is 1.30. The largest absolute Gasteiger partial charge is 0.419 e. The molecule has 0 unspecified atom stereocenters. The molecule has 0 aliphatic carbocycles. The van der Waals surface area contributed by atoms with Crippen LogP contribution in [0.4, 0.5) is 13.2 Å². The number of hydrogen-bond acceptors (Lipinski definition) is 4. The number of nitrogens with zero attached hydrogens (tertiary/aromatic N) is 3. The van der Waals surface area contributed by atoms with Gasteiger partial charge in [-0.1, -0.05) is 0 Å². The third-order valence-corrected chi connectivity index (χ3v) is 3.07. The molecule has 6 nitrogen and oxygen atoms in total. The molecule has 0 amide bonds. The molecule has 0 aliphatic rings. The van der Waals surface area contributed by atoms with Crippen molar-refractivity contribution in [3.63, 3.8) is 0 Å². The Kier molecular flexibility index (Phi) is 3.92. The van der Waals surface area contributed by atoms with Crippen LogP contribution in [-0.4, -0.2) is 22.9 Å². The second-order valence-electron chi connectivity index (χ2n) is 4.11. The number of pyridine rings is 1. The van der Waals surface area contributed by atoms with E-state index in [2.05, 4.69) is 9.97 Å². The lowest BCUT2D eigenvalue weighted by Crippen LogP contribution is -2.36. The molecular weight excluding hydrogens is 311 g/mol. The van der Waals surface area contributed by atoms with Gasteiger partial charge < -0.3 is 0 Å². The number of aromatic nitrogens is 3. The summed E-state index contributed by atoms with van der Waals surface area (Å²) in [7, 11) is -4.17. The van der Waals surface area contributed by atoms with Crippen molar-refractivity contribution in [3.8, 4) is 11.4 Å². The van der Waals surface area contributed by atoms with E-state index in [-0.39, 0.29) is 5.82 Å². The Balaban J connectivity index is 2.23. The molecule has 10 heteroatoms. The lowest BCUT2D eigenvalue weighted by Gasteiger charge is -2.05. The Morgan fingerprint density at radius 2 is 1.67 bits per heavy atom. The van der Waals surface area contributed by atoms with Crippen LogP contribution >= 0.6 is 0 Å². The zero-order valence-corrected chi connectivity index (χ0v) is 11.1. The molecule has 2 aromatic rings. The van der Waals surface area contributed by atoms with E-state index in [4.69, 9.17) is 4.55 Å². The van der Waals surface area contributed by atoms with Crippen LogP contribution in [0, 0.1) is 0 Å². The summed E-state index contributed by atoms with van der Waals surface area (Å²) >= 11 is 0. The van der Waals surface area contributed by atoms with Gasteiger partial charge in [-0.05, 0) is 0 Å². The van der Waals surface area contributed by atoms with Gasteiger partial charge in [-0.25, -0.2) is 9.97 Å².